The highest BCUT2D eigenvalue weighted by molar-refractivity contribution is 6.02. The van der Waals surface area contributed by atoms with E-state index >= 15 is 0 Å². The third-order valence-electron chi connectivity index (χ3n) is 2.49. The summed E-state index contributed by atoms with van der Waals surface area (Å²) >= 11 is 0. The molecule has 0 heterocycles. The molecule has 0 aliphatic carbocycles. The molecule has 96 valence electrons. The van der Waals surface area contributed by atoms with Crippen LogP contribution in [0.3, 0.4) is 0 Å². The number of rotatable bonds is 4. The highest BCUT2D eigenvalue weighted by Gasteiger charge is 2.11. The molecule has 1 N–H and O–H groups in total. The second-order valence-corrected chi connectivity index (χ2v) is 3.89. The van der Waals surface area contributed by atoms with Crippen LogP contribution in [0, 0.1) is 0 Å². The van der Waals surface area contributed by atoms with E-state index < -0.39 is 0 Å². The summed E-state index contributed by atoms with van der Waals surface area (Å²) in [6, 6.07) is 18.5. The van der Waals surface area contributed by atoms with Crippen molar-refractivity contribution in [2.24, 2.45) is 0 Å². The van der Waals surface area contributed by atoms with Crippen LogP contribution in [0.25, 0.3) is 0 Å². The van der Waals surface area contributed by atoms with Crippen molar-refractivity contribution >= 4 is 11.6 Å². The Morgan fingerprint density at radius 3 is 2.16 bits per heavy atom. The van der Waals surface area contributed by atoms with Crippen LogP contribution in [-0.2, 0) is 4.79 Å². The number of carbonyl (C=O) groups excluding carboxylic acids is 1. The van der Waals surface area contributed by atoms with Gasteiger partial charge in [0.15, 0.2) is 5.76 Å². The fraction of sp³-hybridized carbons (Fsp3) is 0.0625. The van der Waals surface area contributed by atoms with Gasteiger partial charge in [-0.1, -0.05) is 36.4 Å². The van der Waals surface area contributed by atoms with Crippen molar-refractivity contribution in [2.75, 3.05) is 5.32 Å². The van der Waals surface area contributed by atoms with E-state index in [0.717, 1.165) is 5.69 Å². The quantitative estimate of drug-likeness (QED) is 0.667. The molecule has 0 saturated heterocycles. The molecule has 19 heavy (non-hydrogen) atoms. The van der Waals surface area contributed by atoms with Gasteiger partial charge < -0.3 is 10.1 Å². The zero-order chi connectivity index (χ0) is 13.5. The van der Waals surface area contributed by atoms with Crippen LogP contribution in [0.15, 0.2) is 72.5 Å². The standard InChI is InChI=1S/C16H15NO2/c1-2-15(19-14-11-7-4-8-12-14)16(18)17-13-9-5-3-6-10-13/h2-12H,1H3,(H,17,18)/b15-2-. The molecule has 0 atom stereocenters. The van der Waals surface area contributed by atoms with E-state index in [9.17, 15) is 4.79 Å². The van der Waals surface area contributed by atoms with Gasteiger partial charge in [-0.05, 0) is 37.3 Å². The molecule has 1 amide bonds. The normalized spacial score (nSPS) is 10.9. The SMILES string of the molecule is C/C=C(\Oc1ccccc1)C(=O)Nc1ccccc1. The highest BCUT2D eigenvalue weighted by atomic mass is 16.5. The van der Waals surface area contributed by atoms with Gasteiger partial charge in [0, 0.05) is 5.69 Å². The Balaban J connectivity index is 2.04. The lowest BCUT2D eigenvalue weighted by atomic mass is 10.3. The Labute approximate surface area is 112 Å². The van der Waals surface area contributed by atoms with E-state index in [1.807, 2.05) is 48.5 Å². The number of benzene rings is 2. The van der Waals surface area contributed by atoms with Gasteiger partial charge in [-0.15, -0.1) is 0 Å². The summed E-state index contributed by atoms with van der Waals surface area (Å²) in [5.41, 5.74) is 0.739. The lowest BCUT2D eigenvalue weighted by molar-refractivity contribution is -0.114. The smallest absolute Gasteiger partial charge is 0.291 e. The molecule has 0 unspecified atom stereocenters. The van der Waals surface area contributed by atoms with Gasteiger partial charge in [0.1, 0.15) is 5.75 Å². The largest absolute Gasteiger partial charge is 0.452 e. The summed E-state index contributed by atoms with van der Waals surface area (Å²) in [5.74, 6) is 0.645. The number of ether oxygens (including phenoxy) is 1. The maximum absolute atomic E-state index is 12.0. The molecule has 2 aromatic carbocycles. The molecule has 0 aromatic heterocycles. The van der Waals surface area contributed by atoms with Crippen molar-refractivity contribution in [3.63, 3.8) is 0 Å². The first-order valence-electron chi connectivity index (χ1n) is 6.05. The zero-order valence-electron chi connectivity index (χ0n) is 10.7. The van der Waals surface area contributed by atoms with Gasteiger partial charge in [-0.3, -0.25) is 4.79 Å². The first kappa shape index (κ1) is 12.9. The predicted molar refractivity (Wildman–Crippen MR) is 75.9 cm³/mol. The molecular weight excluding hydrogens is 238 g/mol. The van der Waals surface area contributed by atoms with Gasteiger partial charge in [0.25, 0.3) is 5.91 Å². The Hall–Kier alpha value is -2.55. The number of anilines is 1. The third-order valence-corrected chi connectivity index (χ3v) is 2.49. The van der Waals surface area contributed by atoms with Crippen LogP contribution in [0.5, 0.6) is 5.75 Å². The molecule has 2 rings (SSSR count). The van der Waals surface area contributed by atoms with Gasteiger partial charge in [0.05, 0.1) is 0 Å². The van der Waals surface area contributed by atoms with E-state index in [-0.39, 0.29) is 11.7 Å². The minimum absolute atomic E-state index is 0.266. The molecular formula is C16H15NO2. The summed E-state index contributed by atoms with van der Waals surface area (Å²) in [6.07, 6.45) is 1.64. The number of para-hydroxylation sites is 2. The molecule has 0 aliphatic rings. The highest BCUT2D eigenvalue weighted by Crippen LogP contribution is 2.14. The van der Waals surface area contributed by atoms with Crippen LogP contribution in [0.4, 0.5) is 5.69 Å². The second kappa shape index (κ2) is 6.40. The topological polar surface area (TPSA) is 38.3 Å². The maximum Gasteiger partial charge on any atom is 0.291 e. The molecule has 3 heteroatoms. The van der Waals surface area contributed by atoms with Crippen LogP contribution >= 0.6 is 0 Å². The van der Waals surface area contributed by atoms with Gasteiger partial charge in [-0.2, -0.15) is 0 Å². The van der Waals surface area contributed by atoms with Gasteiger partial charge in [0.2, 0.25) is 0 Å². The first-order chi connectivity index (χ1) is 9.29. The van der Waals surface area contributed by atoms with Crippen LogP contribution in [0.2, 0.25) is 0 Å². The van der Waals surface area contributed by atoms with E-state index in [2.05, 4.69) is 5.32 Å². The van der Waals surface area contributed by atoms with E-state index in [4.69, 9.17) is 4.74 Å². The van der Waals surface area contributed by atoms with E-state index in [0.29, 0.717) is 5.75 Å². The lowest BCUT2D eigenvalue weighted by Crippen LogP contribution is -2.18. The predicted octanol–water partition coefficient (Wildman–Crippen LogP) is 3.61. The van der Waals surface area contributed by atoms with Gasteiger partial charge in [-0.25, -0.2) is 0 Å². The first-order valence-corrected chi connectivity index (χ1v) is 6.05. The molecule has 0 bridgehead atoms. The van der Waals surface area contributed by atoms with Crippen LogP contribution < -0.4 is 10.1 Å². The molecule has 0 spiro atoms. The summed E-state index contributed by atoms with van der Waals surface area (Å²) in [7, 11) is 0. The number of hydrogen-bond donors (Lipinski definition) is 1. The van der Waals surface area contributed by atoms with Crippen molar-refractivity contribution in [1.82, 2.24) is 0 Å². The average Bonchev–Trinajstić information content (AvgIpc) is 2.47. The van der Waals surface area contributed by atoms with Crippen LogP contribution in [-0.4, -0.2) is 5.91 Å². The lowest BCUT2D eigenvalue weighted by Gasteiger charge is -2.10. The third kappa shape index (κ3) is 3.71. The summed E-state index contributed by atoms with van der Waals surface area (Å²) in [5, 5.41) is 2.78. The molecule has 0 saturated carbocycles. The molecule has 2 aromatic rings. The van der Waals surface area contributed by atoms with E-state index in [1.165, 1.54) is 0 Å². The average molecular weight is 253 g/mol. The Kier molecular flexibility index (Phi) is 4.34. The minimum atomic E-state index is -0.266. The maximum atomic E-state index is 12.0. The molecule has 0 aliphatic heterocycles. The molecule has 0 radical (unpaired) electrons. The summed E-state index contributed by atoms with van der Waals surface area (Å²) < 4.78 is 5.55. The van der Waals surface area contributed by atoms with Crippen molar-refractivity contribution in [3.8, 4) is 5.75 Å². The number of allylic oxidation sites excluding steroid dienone is 1. The Bertz CT molecular complexity index is 562. The van der Waals surface area contributed by atoms with Gasteiger partial charge >= 0.3 is 0 Å². The monoisotopic (exact) mass is 253 g/mol. The molecule has 0 fully saturated rings. The summed E-state index contributed by atoms with van der Waals surface area (Å²) in [6.45, 7) is 1.77. The number of carbonyl (C=O) groups is 1. The van der Waals surface area contributed by atoms with Crippen molar-refractivity contribution in [2.45, 2.75) is 6.92 Å². The number of nitrogens with one attached hydrogen (secondary N) is 1. The number of hydrogen-bond acceptors (Lipinski definition) is 2. The fourth-order valence-corrected chi connectivity index (χ4v) is 1.57. The van der Waals surface area contributed by atoms with Crippen molar-refractivity contribution in [1.29, 1.82) is 0 Å². The Morgan fingerprint density at radius 1 is 1.00 bits per heavy atom. The summed E-state index contributed by atoms with van der Waals surface area (Å²) in [4.78, 5) is 12.0. The zero-order valence-corrected chi connectivity index (χ0v) is 10.7. The molecule has 3 nitrogen and oxygen atoms in total. The second-order valence-electron chi connectivity index (χ2n) is 3.89. The van der Waals surface area contributed by atoms with E-state index in [1.54, 1.807) is 25.1 Å². The van der Waals surface area contributed by atoms with Crippen molar-refractivity contribution < 1.29 is 9.53 Å². The fourth-order valence-electron chi connectivity index (χ4n) is 1.57. The van der Waals surface area contributed by atoms with Crippen LogP contribution in [0.1, 0.15) is 6.92 Å². The Morgan fingerprint density at radius 2 is 1.58 bits per heavy atom. The van der Waals surface area contributed by atoms with Crippen molar-refractivity contribution in [3.05, 3.63) is 72.5 Å². The number of amides is 1. The minimum Gasteiger partial charge on any atom is -0.452 e.